The van der Waals surface area contributed by atoms with E-state index in [1.54, 1.807) is 36.4 Å². The first-order valence-electron chi connectivity index (χ1n) is 9.21. The molecule has 0 amide bonds. The molecule has 9 heteroatoms. The first-order valence-corrected chi connectivity index (χ1v) is 10.7. The molecule has 7 nitrogen and oxygen atoms in total. The number of nitrogens with two attached hydrogens (primary N) is 2. The molecule has 3 aromatic rings. The van der Waals surface area contributed by atoms with Crippen molar-refractivity contribution in [2.24, 2.45) is 16.7 Å². The molecule has 0 aromatic heterocycles. The zero-order chi connectivity index (χ0) is 22.4. The molecule has 0 aliphatic heterocycles. The Morgan fingerprint density at radius 2 is 1.65 bits per heavy atom. The second-order valence-electron chi connectivity index (χ2n) is 6.71. The van der Waals surface area contributed by atoms with Crippen LogP contribution in [0.1, 0.15) is 22.3 Å². The maximum absolute atomic E-state index is 14.3. The van der Waals surface area contributed by atoms with Crippen LogP contribution in [0.2, 0.25) is 0 Å². The highest BCUT2D eigenvalue weighted by atomic mass is 32.2. The van der Waals surface area contributed by atoms with E-state index in [1.165, 1.54) is 40.7 Å². The molecular formula is C22H20FN5O2S. The van der Waals surface area contributed by atoms with Gasteiger partial charge in [0.1, 0.15) is 11.7 Å². The molecule has 0 heterocycles. The minimum Gasteiger partial charge on any atom is -0.382 e. The Labute approximate surface area is 180 Å². The predicted molar refractivity (Wildman–Crippen MR) is 115 cm³/mol. The topological polar surface area (TPSA) is 126 Å². The minimum atomic E-state index is -3.98. The maximum Gasteiger partial charge on any atom is 0.243 e. The zero-order valence-electron chi connectivity index (χ0n) is 16.4. The lowest BCUT2D eigenvalue weighted by Crippen LogP contribution is -2.30. The zero-order valence-corrected chi connectivity index (χ0v) is 17.3. The number of rotatable bonds is 7. The van der Waals surface area contributed by atoms with E-state index < -0.39 is 15.8 Å². The number of hydrogen-bond donors (Lipinski definition) is 2. The van der Waals surface area contributed by atoms with Crippen molar-refractivity contribution >= 4 is 15.9 Å². The van der Waals surface area contributed by atoms with E-state index in [0.717, 1.165) is 0 Å². The number of nitriles is 1. The van der Waals surface area contributed by atoms with Crippen molar-refractivity contribution in [1.82, 2.24) is 4.31 Å². The van der Waals surface area contributed by atoms with Gasteiger partial charge in [0.25, 0.3) is 0 Å². The second kappa shape index (κ2) is 9.38. The molecule has 3 rings (SSSR count). The van der Waals surface area contributed by atoms with Crippen LogP contribution < -0.4 is 11.6 Å². The normalized spacial score (nSPS) is 12.0. The van der Waals surface area contributed by atoms with Gasteiger partial charge in [0.15, 0.2) is 0 Å². The van der Waals surface area contributed by atoms with E-state index in [1.807, 2.05) is 6.07 Å². The molecule has 0 saturated heterocycles. The first-order chi connectivity index (χ1) is 14.8. The van der Waals surface area contributed by atoms with Gasteiger partial charge in [-0.2, -0.15) is 14.7 Å². The molecule has 3 aromatic carbocycles. The van der Waals surface area contributed by atoms with Crippen LogP contribution in [0.15, 0.2) is 82.8 Å². The van der Waals surface area contributed by atoms with E-state index in [-0.39, 0.29) is 29.4 Å². The van der Waals surface area contributed by atoms with E-state index in [2.05, 4.69) is 5.10 Å². The van der Waals surface area contributed by atoms with Gasteiger partial charge in [-0.25, -0.2) is 12.8 Å². The molecule has 0 saturated carbocycles. The van der Waals surface area contributed by atoms with Crippen molar-refractivity contribution in [3.05, 3.63) is 101 Å². The van der Waals surface area contributed by atoms with Crippen LogP contribution in [0.5, 0.6) is 0 Å². The van der Waals surface area contributed by atoms with Crippen molar-refractivity contribution in [2.75, 3.05) is 0 Å². The van der Waals surface area contributed by atoms with E-state index >= 15 is 0 Å². The van der Waals surface area contributed by atoms with Gasteiger partial charge < -0.3 is 11.6 Å². The fraction of sp³-hybridized carbons (Fsp3) is 0.0909. The summed E-state index contributed by atoms with van der Waals surface area (Å²) in [6.45, 7) is -0.167. The lowest BCUT2D eigenvalue weighted by molar-refractivity contribution is 0.394. The summed E-state index contributed by atoms with van der Waals surface area (Å²) in [7, 11) is -3.98. The fourth-order valence-electron chi connectivity index (χ4n) is 2.95. The summed E-state index contributed by atoms with van der Waals surface area (Å²) in [6, 6.07) is 20.3. The quantitative estimate of drug-likeness (QED) is 0.254. The predicted octanol–water partition coefficient (Wildman–Crippen LogP) is 2.67. The summed E-state index contributed by atoms with van der Waals surface area (Å²) >= 11 is 0. The van der Waals surface area contributed by atoms with Crippen molar-refractivity contribution in [3.8, 4) is 6.07 Å². The largest absolute Gasteiger partial charge is 0.382 e. The first kappa shape index (κ1) is 22.0. The van der Waals surface area contributed by atoms with Crippen LogP contribution in [0.3, 0.4) is 0 Å². The average Bonchev–Trinajstić information content (AvgIpc) is 2.80. The third-order valence-corrected chi connectivity index (χ3v) is 6.48. The number of amidine groups is 1. The van der Waals surface area contributed by atoms with E-state index in [0.29, 0.717) is 16.7 Å². The standard InChI is InChI=1S/C22H20FN5O2S/c23-21-4-2-1-3-19(21)15-28(14-17-5-9-18(10-6-17)22(25)27-26)31(29,30)20-11-7-16(13-24)8-12-20/h1-12H,14-15,26H2,(H2,25,27). The Kier molecular flexibility index (Phi) is 6.65. The molecule has 158 valence electrons. The Morgan fingerprint density at radius 1 is 1.00 bits per heavy atom. The van der Waals surface area contributed by atoms with Crippen LogP contribution in [0.25, 0.3) is 0 Å². The van der Waals surface area contributed by atoms with Gasteiger partial charge in [0, 0.05) is 24.2 Å². The van der Waals surface area contributed by atoms with Crippen LogP contribution in [-0.4, -0.2) is 18.6 Å². The van der Waals surface area contributed by atoms with Crippen molar-refractivity contribution in [2.45, 2.75) is 18.0 Å². The lowest BCUT2D eigenvalue weighted by atomic mass is 10.1. The van der Waals surface area contributed by atoms with E-state index in [9.17, 15) is 12.8 Å². The molecule has 0 aliphatic rings. The highest BCUT2D eigenvalue weighted by molar-refractivity contribution is 7.89. The SMILES string of the molecule is N#Cc1ccc(S(=O)(=O)N(Cc2ccc(/C(N)=N/N)cc2)Cc2ccccc2F)cc1. The minimum absolute atomic E-state index is 0.00335. The molecule has 0 bridgehead atoms. The van der Waals surface area contributed by atoms with Crippen LogP contribution in [0.4, 0.5) is 4.39 Å². The number of nitrogens with zero attached hydrogens (tertiary/aromatic N) is 3. The second-order valence-corrected chi connectivity index (χ2v) is 8.65. The molecule has 0 fully saturated rings. The van der Waals surface area contributed by atoms with Crippen LogP contribution in [-0.2, 0) is 23.1 Å². The highest BCUT2D eigenvalue weighted by Crippen LogP contribution is 2.23. The van der Waals surface area contributed by atoms with Crippen molar-refractivity contribution < 1.29 is 12.8 Å². The van der Waals surface area contributed by atoms with Crippen LogP contribution in [0, 0.1) is 17.1 Å². The Morgan fingerprint density at radius 3 is 2.23 bits per heavy atom. The Hall–Kier alpha value is -3.74. The molecule has 0 unspecified atom stereocenters. The Balaban J connectivity index is 1.97. The summed E-state index contributed by atoms with van der Waals surface area (Å²) in [6.07, 6.45) is 0. The van der Waals surface area contributed by atoms with Gasteiger partial charge in [0.2, 0.25) is 10.0 Å². The molecular weight excluding hydrogens is 417 g/mol. The van der Waals surface area contributed by atoms with E-state index in [4.69, 9.17) is 16.8 Å². The monoisotopic (exact) mass is 437 g/mol. The summed E-state index contributed by atoms with van der Waals surface area (Å²) in [5, 5.41) is 12.4. The summed E-state index contributed by atoms with van der Waals surface area (Å²) in [5.74, 6) is 4.84. The van der Waals surface area contributed by atoms with Crippen molar-refractivity contribution in [3.63, 3.8) is 0 Å². The number of sulfonamides is 1. The average molecular weight is 438 g/mol. The number of benzene rings is 3. The lowest BCUT2D eigenvalue weighted by Gasteiger charge is -2.23. The molecule has 0 spiro atoms. The molecule has 0 radical (unpaired) electrons. The summed E-state index contributed by atoms with van der Waals surface area (Å²) in [5.41, 5.74) is 7.54. The number of halogens is 1. The highest BCUT2D eigenvalue weighted by Gasteiger charge is 2.26. The van der Waals surface area contributed by atoms with Crippen LogP contribution >= 0.6 is 0 Å². The third-order valence-electron chi connectivity index (χ3n) is 4.67. The smallest absolute Gasteiger partial charge is 0.243 e. The van der Waals surface area contributed by atoms with Gasteiger partial charge in [-0.15, -0.1) is 0 Å². The maximum atomic E-state index is 14.3. The summed E-state index contributed by atoms with van der Waals surface area (Å²) in [4.78, 5) is 0.0129. The van der Waals surface area contributed by atoms with Gasteiger partial charge in [-0.3, -0.25) is 0 Å². The van der Waals surface area contributed by atoms with Gasteiger partial charge in [-0.1, -0.05) is 42.5 Å². The van der Waals surface area contributed by atoms with Gasteiger partial charge in [0.05, 0.1) is 16.5 Å². The number of hydrogen-bond acceptors (Lipinski definition) is 5. The van der Waals surface area contributed by atoms with Gasteiger partial charge >= 0.3 is 0 Å². The molecule has 31 heavy (non-hydrogen) atoms. The Bertz CT molecular complexity index is 1230. The molecule has 4 N–H and O–H groups in total. The van der Waals surface area contributed by atoms with Crippen molar-refractivity contribution in [1.29, 1.82) is 5.26 Å². The number of hydrazone groups is 1. The molecule has 0 aliphatic carbocycles. The fourth-order valence-corrected chi connectivity index (χ4v) is 4.36. The third kappa shape index (κ3) is 5.06. The van der Waals surface area contributed by atoms with Gasteiger partial charge in [-0.05, 0) is 35.9 Å². The summed E-state index contributed by atoms with van der Waals surface area (Å²) < 4.78 is 42.1. The molecule has 0 atom stereocenters.